The average molecular weight is 228 g/mol. The second-order valence-electron chi connectivity index (χ2n) is 3.89. The van der Waals surface area contributed by atoms with E-state index in [-0.39, 0.29) is 5.78 Å². The number of carbonyl (C=O) groups excluding carboxylic acids is 2. The van der Waals surface area contributed by atoms with Gasteiger partial charge in [-0.3, -0.25) is 4.79 Å². The molecule has 1 rings (SSSR count). The molecule has 0 atom stereocenters. The number of carbonyl (C=O) groups is 1. The molecule has 0 fully saturated rings. The van der Waals surface area contributed by atoms with E-state index in [9.17, 15) is 9.59 Å². The van der Waals surface area contributed by atoms with Gasteiger partial charge in [-0.2, -0.15) is 0 Å². The van der Waals surface area contributed by atoms with E-state index < -0.39 is 0 Å². The van der Waals surface area contributed by atoms with Gasteiger partial charge in [-0.15, -0.1) is 0 Å². The molecule has 0 N–H and O–H groups in total. The van der Waals surface area contributed by atoms with Crippen LogP contribution in [0.25, 0.3) is 6.08 Å². The summed E-state index contributed by atoms with van der Waals surface area (Å²) in [7, 11) is 0. The lowest BCUT2D eigenvalue weighted by Crippen LogP contribution is -1.98. The lowest BCUT2D eigenvalue weighted by atomic mass is 10.0. The third-order valence-electron chi connectivity index (χ3n) is 2.54. The van der Waals surface area contributed by atoms with Crippen LogP contribution in [0.4, 0.5) is 0 Å². The molecule has 0 spiro atoms. The van der Waals surface area contributed by atoms with Crippen molar-refractivity contribution in [3.63, 3.8) is 0 Å². The predicted molar refractivity (Wildman–Crippen MR) is 68.6 cm³/mol. The Bertz CT molecular complexity index is 444. The highest BCUT2D eigenvalue weighted by Gasteiger charge is 2.04. The molecule has 0 saturated carbocycles. The molecule has 0 saturated heterocycles. The smallest absolute Gasteiger partial charge is 0.177 e. The van der Waals surface area contributed by atoms with Crippen LogP contribution in [0.1, 0.15) is 48.5 Å². The second kappa shape index (κ2) is 7.40. The number of hydrogen-bond acceptors (Lipinski definition) is 2. The fraction of sp³-hybridized carbons (Fsp3) is 0.333. The van der Waals surface area contributed by atoms with Gasteiger partial charge in [0.2, 0.25) is 0 Å². The summed E-state index contributed by atoms with van der Waals surface area (Å²) in [6, 6.07) is 7.17. The topological polar surface area (TPSA) is 34.1 Å². The van der Waals surface area contributed by atoms with Gasteiger partial charge in [0.05, 0.1) is 0 Å². The third kappa shape index (κ3) is 4.65. The van der Waals surface area contributed by atoms with Crippen molar-refractivity contribution < 1.29 is 9.59 Å². The number of unbranched alkanes of at least 4 members (excludes halogenated alkanes) is 2. The fourth-order valence-corrected chi connectivity index (χ4v) is 1.56. The van der Waals surface area contributed by atoms with Crippen LogP contribution in [0.15, 0.2) is 30.0 Å². The Morgan fingerprint density at radius 2 is 1.94 bits per heavy atom. The Morgan fingerprint density at radius 1 is 1.24 bits per heavy atom. The summed E-state index contributed by atoms with van der Waals surface area (Å²) in [6.07, 6.45) is 5.31. The molecule has 2 nitrogen and oxygen atoms in total. The van der Waals surface area contributed by atoms with Crippen molar-refractivity contribution >= 4 is 17.8 Å². The monoisotopic (exact) mass is 228 g/mol. The van der Waals surface area contributed by atoms with Crippen molar-refractivity contribution in [1.29, 1.82) is 0 Å². The molecule has 0 aliphatic carbocycles. The van der Waals surface area contributed by atoms with E-state index in [1.54, 1.807) is 36.3 Å². The van der Waals surface area contributed by atoms with Crippen LogP contribution in [0.5, 0.6) is 0 Å². The van der Waals surface area contributed by atoms with Gasteiger partial charge in [-0.1, -0.05) is 44.0 Å². The lowest BCUT2D eigenvalue weighted by molar-refractivity contribution is 0.0979. The van der Waals surface area contributed by atoms with Gasteiger partial charge in [-0.05, 0) is 23.8 Å². The maximum absolute atomic E-state index is 11.8. The first kappa shape index (κ1) is 13.2. The summed E-state index contributed by atoms with van der Waals surface area (Å²) in [5, 5.41) is 0. The van der Waals surface area contributed by atoms with Gasteiger partial charge >= 0.3 is 0 Å². The van der Waals surface area contributed by atoms with Crippen LogP contribution in [0.2, 0.25) is 0 Å². The fourth-order valence-electron chi connectivity index (χ4n) is 1.56. The quantitative estimate of drug-likeness (QED) is 0.323. The zero-order valence-electron chi connectivity index (χ0n) is 10.0. The van der Waals surface area contributed by atoms with Crippen LogP contribution >= 0.6 is 0 Å². The molecule has 0 bridgehead atoms. The Labute approximate surface area is 102 Å². The van der Waals surface area contributed by atoms with Gasteiger partial charge in [0.25, 0.3) is 0 Å². The number of ketones is 1. The van der Waals surface area contributed by atoms with E-state index in [4.69, 9.17) is 0 Å². The van der Waals surface area contributed by atoms with Crippen LogP contribution in [-0.2, 0) is 4.79 Å². The second-order valence-corrected chi connectivity index (χ2v) is 3.89. The summed E-state index contributed by atoms with van der Waals surface area (Å²) in [5.41, 5.74) is 3.92. The van der Waals surface area contributed by atoms with Gasteiger partial charge in [0, 0.05) is 12.0 Å². The van der Waals surface area contributed by atoms with Crippen molar-refractivity contribution in [3.8, 4) is 0 Å². The van der Waals surface area contributed by atoms with Crippen molar-refractivity contribution in [2.75, 3.05) is 0 Å². The number of hydrogen-bond donors (Lipinski definition) is 0. The van der Waals surface area contributed by atoms with Crippen LogP contribution in [0, 0.1) is 0 Å². The zero-order valence-corrected chi connectivity index (χ0v) is 10.0. The molecule has 0 radical (unpaired) electrons. The highest BCUT2D eigenvalue weighted by molar-refractivity contribution is 5.96. The van der Waals surface area contributed by atoms with Gasteiger partial charge < -0.3 is 0 Å². The van der Waals surface area contributed by atoms with Crippen molar-refractivity contribution in [2.45, 2.75) is 32.6 Å². The maximum atomic E-state index is 11.8. The van der Waals surface area contributed by atoms with Crippen LogP contribution in [-0.4, -0.2) is 11.7 Å². The van der Waals surface area contributed by atoms with Crippen LogP contribution < -0.4 is 0 Å². The van der Waals surface area contributed by atoms with Gasteiger partial charge in [0.1, 0.15) is 0 Å². The molecule has 1 aromatic carbocycles. The first-order valence-corrected chi connectivity index (χ1v) is 5.87. The molecular weight excluding hydrogens is 212 g/mol. The standard InChI is InChI=1S/C15H16O2/c1-2-3-4-7-15(17)14-10-8-13(9-11-14)6-5-12-16/h6,8-11H,2-4,7H2,1H3. The Hall–Kier alpha value is -1.88. The van der Waals surface area contributed by atoms with Crippen molar-refractivity contribution in [1.82, 2.24) is 0 Å². The average Bonchev–Trinajstić information content (AvgIpc) is 2.37. The number of benzene rings is 1. The molecule has 0 aromatic heterocycles. The third-order valence-corrected chi connectivity index (χ3v) is 2.54. The van der Waals surface area contributed by atoms with E-state index >= 15 is 0 Å². The van der Waals surface area contributed by atoms with E-state index in [1.165, 1.54) is 0 Å². The summed E-state index contributed by atoms with van der Waals surface area (Å²) in [4.78, 5) is 21.7. The maximum Gasteiger partial charge on any atom is 0.177 e. The summed E-state index contributed by atoms with van der Waals surface area (Å²) >= 11 is 0. The van der Waals surface area contributed by atoms with Crippen LogP contribution in [0.3, 0.4) is 0 Å². The molecular formula is C15H16O2. The van der Waals surface area contributed by atoms with Crippen molar-refractivity contribution in [3.05, 3.63) is 41.1 Å². The molecule has 88 valence electrons. The lowest BCUT2D eigenvalue weighted by Gasteiger charge is -2.00. The molecule has 2 heteroatoms. The minimum atomic E-state index is 0.180. The summed E-state index contributed by atoms with van der Waals surface area (Å²) < 4.78 is 0. The highest BCUT2D eigenvalue weighted by Crippen LogP contribution is 2.10. The van der Waals surface area contributed by atoms with Gasteiger partial charge in [-0.25, -0.2) is 4.79 Å². The SMILES string of the molecule is CCCCCC(=O)c1ccc(C=C=C=O)cc1. The molecule has 0 aliphatic rings. The van der Waals surface area contributed by atoms with E-state index in [2.05, 4.69) is 12.7 Å². The largest absolute Gasteiger partial charge is 0.294 e. The Balaban J connectivity index is 2.64. The molecule has 0 amide bonds. The van der Waals surface area contributed by atoms with E-state index in [0.717, 1.165) is 30.4 Å². The molecule has 17 heavy (non-hydrogen) atoms. The normalized spacial score (nSPS) is 9.24. The Kier molecular flexibility index (Phi) is 5.74. The number of rotatable bonds is 6. The van der Waals surface area contributed by atoms with E-state index in [0.29, 0.717) is 6.42 Å². The molecule has 1 aromatic rings. The summed E-state index contributed by atoms with van der Waals surface area (Å²) in [6.45, 7) is 2.12. The first-order chi connectivity index (χ1) is 8.27. The minimum Gasteiger partial charge on any atom is -0.294 e. The predicted octanol–water partition coefficient (Wildman–Crippen LogP) is 3.45. The van der Waals surface area contributed by atoms with Gasteiger partial charge in [0.15, 0.2) is 11.7 Å². The number of Topliss-reactive ketones (excluding diaryl/α,β-unsaturated/α-hetero) is 1. The zero-order chi connectivity index (χ0) is 12.5. The minimum absolute atomic E-state index is 0.180. The Morgan fingerprint density at radius 3 is 2.53 bits per heavy atom. The van der Waals surface area contributed by atoms with Crippen molar-refractivity contribution in [2.24, 2.45) is 0 Å². The molecule has 0 heterocycles. The summed E-state index contributed by atoms with van der Waals surface area (Å²) in [5.74, 6) is 1.75. The highest BCUT2D eigenvalue weighted by atomic mass is 16.1. The first-order valence-electron chi connectivity index (χ1n) is 5.87. The molecule has 0 aliphatic heterocycles. The van der Waals surface area contributed by atoms with E-state index in [1.807, 2.05) is 0 Å². The molecule has 0 unspecified atom stereocenters.